The van der Waals surface area contributed by atoms with E-state index in [2.05, 4.69) is 29.8 Å². The van der Waals surface area contributed by atoms with E-state index in [1.54, 1.807) is 11.3 Å². The molecule has 0 bridgehead atoms. The first-order valence-electron chi connectivity index (χ1n) is 12.5. The molecule has 2 atom stereocenters. The van der Waals surface area contributed by atoms with E-state index < -0.39 is 17.5 Å². The fraction of sp³-hybridized carbons (Fsp3) is 0.481. The van der Waals surface area contributed by atoms with E-state index in [0.29, 0.717) is 31.1 Å². The highest BCUT2D eigenvalue weighted by atomic mass is 32.1. The molecule has 12 heteroatoms. The molecule has 0 radical (unpaired) electrons. The van der Waals surface area contributed by atoms with Crippen LogP contribution in [-0.2, 0) is 33.5 Å². The summed E-state index contributed by atoms with van der Waals surface area (Å²) in [6.45, 7) is 8.88. The third kappa shape index (κ3) is 10.4. The standard InChI is InChI=1S/C13H21NOS.C8H6F3NO2.C6H9NO2/c1-5-9(3)13(15)11-8-16-12(7-14-4)10(11)6-2;9-8(10,11)6-2-1-5(12-4-13)3-7(6)14;1-4-2-3-5(8)7-6(4)9/h8-9,14H,5-7H2,1-4H3;1-4,14H,(H,12,13);4H,2-3H2,1H3,(H,7,8,9). The van der Waals surface area contributed by atoms with Crippen molar-refractivity contribution in [3.8, 4) is 5.75 Å². The van der Waals surface area contributed by atoms with Gasteiger partial charge >= 0.3 is 6.18 Å². The highest BCUT2D eigenvalue weighted by molar-refractivity contribution is 7.10. The molecule has 2 unspecified atom stereocenters. The summed E-state index contributed by atoms with van der Waals surface area (Å²) in [5, 5.41) is 18.5. The number of rotatable bonds is 8. The summed E-state index contributed by atoms with van der Waals surface area (Å²) in [6.07, 6.45) is -1.24. The minimum atomic E-state index is -4.59. The molecule has 1 aliphatic heterocycles. The number of phenolic OH excluding ortho intramolecular Hbond substituents is 1. The van der Waals surface area contributed by atoms with Crippen molar-refractivity contribution < 1.29 is 37.5 Å². The van der Waals surface area contributed by atoms with Gasteiger partial charge in [-0.25, -0.2) is 0 Å². The monoisotopic (exact) mass is 571 g/mol. The van der Waals surface area contributed by atoms with Crippen LogP contribution in [0, 0.1) is 11.8 Å². The minimum Gasteiger partial charge on any atom is -0.507 e. The SMILES string of the molecule is CC1CCC(=O)NC1=O.CCc1c(C(=O)C(C)CC)csc1CNC.O=CNc1ccc(C(F)(F)F)c(O)c1. The van der Waals surface area contributed by atoms with Crippen LogP contribution in [0.1, 0.15) is 73.3 Å². The molecule has 8 nitrogen and oxygen atoms in total. The van der Waals surface area contributed by atoms with Gasteiger partial charge in [0.25, 0.3) is 0 Å². The van der Waals surface area contributed by atoms with Crippen molar-refractivity contribution >= 4 is 41.0 Å². The highest BCUT2D eigenvalue weighted by Crippen LogP contribution is 2.36. The second-order valence-electron chi connectivity index (χ2n) is 8.95. The largest absolute Gasteiger partial charge is 0.507 e. The van der Waals surface area contributed by atoms with Gasteiger partial charge < -0.3 is 15.7 Å². The van der Waals surface area contributed by atoms with Crippen molar-refractivity contribution in [2.24, 2.45) is 11.8 Å². The molecule has 4 N–H and O–H groups in total. The lowest BCUT2D eigenvalue weighted by Crippen LogP contribution is -2.39. The number of ketones is 1. The first-order valence-corrected chi connectivity index (χ1v) is 13.4. The number of hydrogen-bond donors (Lipinski definition) is 4. The van der Waals surface area contributed by atoms with E-state index in [0.717, 1.165) is 37.1 Å². The van der Waals surface area contributed by atoms with Gasteiger partial charge in [-0.3, -0.25) is 24.5 Å². The van der Waals surface area contributed by atoms with Crippen molar-refractivity contribution in [3.05, 3.63) is 45.1 Å². The molecule has 0 saturated carbocycles. The lowest BCUT2D eigenvalue weighted by molar-refractivity contribution is -0.139. The molecule has 2 heterocycles. The van der Waals surface area contributed by atoms with Crippen molar-refractivity contribution in [2.45, 2.75) is 66.1 Å². The van der Waals surface area contributed by atoms with E-state index in [-0.39, 0.29) is 29.3 Å². The number of carbonyl (C=O) groups is 4. The van der Waals surface area contributed by atoms with Gasteiger partial charge in [-0.2, -0.15) is 13.2 Å². The maximum atomic E-state index is 12.2. The van der Waals surface area contributed by atoms with Gasteiger partial charge in [-0.1, -0.05) is 27.7 Å². The molecule has 0 aliphatic carbocycles. The molecule has 0 spiro atoms. The second kappa shape index (κ2) is 16.0. The molecule has 39 heavy (non-hydrogen) atoms. The summed E-state index contributed by atoms with van der Waals surface area (Å²) in [7, 11) is 1.94. The fourth-order valence-corrected chi connectivity index (χ4v) is 4.65. The Kier molecular flexibility index (Phi) is 13.9. The first-order chi connectivity index (χ1) is 18.3. The van der Waals surface area contributed by atoms with Crippen LogP contribution in [0.5, 0.6) is 5.75 Å². The van der Waals surface area contributed by atoms with Gasteiger partial charge in [-0.05, 0) is 44.0 Å². The number of hydrogen-bond acceptors (Lipinski definition) is 7. The predicted octanol–water partition coefficient (Wildman–Crippen LogP) is 5.30. The van der Waals surface area contributed by atoms with Gasteiger partial charge in [0.1, 0.15) is 5.75 Å². The molecule has 1 aliphatic rings. The Balaban J connectivity index is 0.000000303. The van der Waals surface area contributed by atoms with E-state index in [9.17, 15) is 32.3 Å². The molecule has 1 aromatic carbocycles. The van der Waals surface area contributed by atoms with Gasteiger partial charge in [0, 0.05) is 52.4 Å². The summed E-state index contributed by atoms with van der Waals surface area (Å²) in [5.74, 6) is -0.725. The number of alkyl halides is 3. The van der Waals surface area contributed by atoms with Crippen molar-refractivity contribution in [1.82, 2.24) is 10.6 Å². The van der Waals surface area contributed by atoms with Crippen LogP contribution in [0.3, 0.4) is 0 Å². The number of anilines is 1. The van der Waals surface area contributed by atoms with Crippen LogP contribution in [0.2, 0.25) is 0 Å². The number of aromatic hydroxyl groups is 1. The number of Topliss-reactive ketones (excluding diaryl/α,β-unsaturated/α-hetero) is 1. The third-order valence-corrected chi connectivity index (χ3v) is 7.07. The van der Waals surface area contributed by atoms with E-state index in [1.165, 1.54) is 10.4 Å². The zero-order valence-electron chi connectivity index (χ0n) is 22.7. The van der Waals surface area contributed by atoms with Crippen LogP contribution < -0.4 is 16.0 Å². The Morgan fingerprint density at radius 3 is 2.41 bits per heavy atom. The number of phenols is 1. The average molecular weight is 572 g/mol. The van der Waals surface area contributed by atoms with Crippen LogP contribution in [0.15, 0.2) is 23.6 Å². The Hall–Kier alpha value is -3.25. The Labute approximate surface area is 230 Å². The maximum Gasteiger partial charge on any atom is 0.419 e. The molecule has 216 valence electrons. The number of piperidine rings is 1. The molecule has 3 amide bonds. The van der Waals surface area contributed by atoms with Crippen molar-refractivity contribution in [1.29, 1.82) is 0 Å². The predicted molar refractivity (Wildman–Crippen MR) is 145 cm³/mol. The quantitative estimate of drug-likeness (QED) is 0.194. The molecule has 1 fully saturated rings. The topological polar surface area (TPSA) is 125 Å². The summed E-state index contributed by atoms with van der Waals surface area (Å²) in [4.78, 5) is 44.6. The molecular weight excluding hydrogens is 535 g/mol. The van der Waals surface area contributed by atoms with Gasteiger partial charge in [0.15, 0.2) is 5.78 Å². The summed E-state index contributed by atoms with van der Waals surface area (Å²) in [5.41, 5.74) is 1.16. The molecule has 1 aromatic heterocycles. The fourth-order valence-electron chi connectivity index (χ4n) is 3.51. The second-order valence-corrected chi connectivity index (χ2v) is 9.92. The number of carbonyl (C=O) groups excluding carboxylic acids is 4. The minimum absolute atomic E-state index is 0.0164. The maximum absolute atomic E-state index is 12.2. The summed E-state index contributed by atoms with van der Waals surface area (Å²) >= 11 is 1.70. The van der Waals surface area contributed by atoms with Crippen LogP contribution in [0.4, 0.5) is 18.9 Å². The Morgan fingerprint density at radius 1 is 1.28 bits per heavy atom. The number of halogens is 3. The van der Waals surface area contributed by atoms with Crippen LogP contribution in [0.25, 0.3) is 0 Å². The molecule has 3 rings (SSSR count). The highest BCUT2D eigenvalue weighted by Gasteiger charge is 2.33. The molecular formula is C27H36F3N3O5S. The molecule has 2 aromatic rings. The lowest BCUT2D eigenvalue weighted by atomic mass is 9.95. The van der Waals surface area contributed by atoms with Gasteiger partial charge in [0.2, 0.25) is 18.2 Å². The number of nitrogens with one attached hydrogen (secondary N) is 3. The van der Waals surface area contributed by atoms with Gasteiger partial charge in [0.05, 0.1) is 5.56 Å². The number of benzene rings is 1. The smallest absolute Gasteiger partial charge is 0.419 e. The Bertz CT molecular complexity index is 1130. The van der Waals surface area contributed by atoms with Crippen LogP contribution in [-0.4, -0.2) is 36.2 Å². The summed E-state index contributed by atoms with van der Waals surface area (Å²) < 4.78 is 36.3. The zero-order chi connectivity index (χ0) is 29.8. The number of imide groups is 1. The van der Waals surface area contributed by atoms with E-state index >= 15 is 0 Å². The number of amides is 3. The summed E-state index contributed by atoms with van der Waals surface area (Å²) in [6, 6.07) is 2.58. The van der Waals surface area contributed by atoms with Crippen molar-refractivity contribution in [2.75, 3.05) is 12.4 Å². The third-order valence-electron chi connectivity index (χ3n) is 6.04. The van der Waals surface area contributed by atoms with Crippen LogP contribution >= 0.6 is 11.3 Å². The number of thiophene rings is 1. The normalized spacial score (nSPS) is 15.6. The van der Waals surface area contributed by atoms with E-state index in [4.69, 9.17) is 5.11 Å². The zero-order valence-corrected chi connectivity index (χ0v) is 23.5. The average Bonchev–Trinajstić information content (AvgIpc) is 3.28. The first kappa shape index (κ1) is 33.8. The lowest BCUT2D eigenvalue weighted by Gasteiger charge is -2.15. The Morgan fingerprint density at radius 2 is 1.95 bits per heavy atom. The van der Waals surface area contributed by atoms with E-state index in [1.807, 2.05) is 26.3 Å². The van der Waals surface area contributed by atoms with Crippen molar-refractivity contribution in [3.63, 3.8) is 0 Å². The van der Waals surface area contributed by atoms with Gasteiger partial charge in [-0.15, -0.1) is 11.3 Å². The molecule has 1 saturated heterocycles.